The molecule has 0 spiro atoms. The zero-order chi connectivity index (χ0) is 10.7. The van der Waals surface area contributed by atoms with Crippen LogP contribution in [-0.2, 0) is 0 Å². The molecule has 2 N–H and O–H groups in total. The normalized spacial score (nSPS) is 10.9. The maximum atomic E-state index is 13.2. The van der Waals surface area contributed by atoms with Gasteiger partial charge < -0.3 is 10.0 Å². The van der Waals surface area contributed by atoms with Crippen LogP contribution in [0.3, 0.4) is 0 Å². The fourth-order valence-electron chi connectivity index (χ4n) is 0.878. The first kappa shape index (κ1) is 11.4. The van der Waals surface area contributed by atoms with E-state index in [1.807, 2.05) is 0 Å². The van der Waals surface area contributed by atoms with Crippen LogP contribution in [-0.4, -0.2) is 17.2 Å². The molecule has 0 aliphatic rings. The fraction of sp³-hybridized carbons (Fsp3) is 0. The average Bonchev–Trinajstić information content (AvgIpc) is 2.11. The Hall–Kier alpha value is -0.715. The van der Waals surface area contributed by atoms with E-state index >= 15 is 0 Å². The van der Waals surface area contributed by atoms with Gasteiger partial charge in [-0.25, -0.2) is 8.78 Å². The van der Waals surface area contributed by atoms with Crippen molar-refractivity contribution in [2.24, 2.45) is 0 Å². The van der Waals surface area contributed by atoms with Crippen molar-refractivity contribution >= 4 is 29.1 Å². The van der Waals surface area contributed by atoms with E-state index in [1.54, 1.807) is 0 Å². The standard InChI is InChI=1S/C8H6BBrF2O2/c10-6-1-2-7(11)5(8(6)12)3-4-9(13)14/h1-4,13-14H/b4-3+. The molecule has 1 aromatic rings. The van der Waals surface area contributed by atoms with Crippen LogP contribution < -0.4 is 0 Å². The quantitative estimate of drug-likeness (QED) is 0.630. The Bertz CT molecular complexity index is 369. The molecule has 0 saturated heterocycles. The molecule has 1 aromatic carbocycles. The van der Waals surface area contributed by atoms with E-state index < -0.39 is 18.8 Å². The first-order valence-corrected chi connectivity index (χ1v) is 4.49. The first-order chi connectivity index (χ1) is 6.52. The molecule has 0 aromatic heterocycles. The summed E-state index contributed by atoms with van der Waals surface area (Å²) < 4.78 is 26.3. The molecule has 14 heavy (non-hydrogen) atoms. The highest BCUT2D eigenvalue weighted by molar-refractivity contribution is 9.10. The first-order valence-electron chi connectivity index (χ1n) is 3.70. The lowest BCUT2D eigenvalue weighted by atomic mass is 9.90. The van der Waals surface area contributed by atoms with Gasteiger partial charge in [0.2, 0.25) is 0 Å². The predicted molar refractivity (Wildman–Crippen MR) is 53.3 cm³/mol. The Morgan fingerprint density at radius 2 is 1.93 bits per heavy atom. The smallest absolute Gasteiger partial charge is 0.424 e. The number of hydrogen-bond donors (Lipinski definition) is 2. The van der Waals surface area contributed by atoms with Crippen LogP contribution in [0.25, 0.3) is 6.08 Å². The molecule has 6 heteroatoms. The highest BCUT2D eigenvalue weighted by atomic mass is 79.9. The van der Waals surface area contributed by atoms with Crippen LogP contribution >= 0.6 is 15.9 Å². The second-order valence-corrected chi connectivity index (χ2v) is 3.38. The van der Waals surface area contributed by atoms with Gasteiger partial charge in [0.25, 0.3) is 0 Å². The molecule has 0 bridgehead atoms. The molecule has 0 aliphatic heterocycles. The molecule has 0 fully saturated rings. The molecule has 0 amide bonds. The molecule has 0 radical (unpaired) electrons. The SMILES string of the molecule is OB(O)/C=C/c1c(F)ccc(Br)c1F. The van der Waals surface area contributed by atoms with Crippen molar-refractivity contribution in [3.8, 4) is 0 Å². The van der Waals surface area contributed by atoms with E-state index in [-0.39, 0.29) is 10.0 Å². The largest absolute Gasteiger partial charge is 0.480 e. The molecule has 1 rings (SSSR count). The van der Waals surface area contributed by atoms with E-state index in [0.29, 0.717) is 0 Å². The average molecular weight is 263 g/mol. The summed E-state index contributed by atoms with van der Waals surface area (Å²) in [7, 11) is -1.73. The fourth-order valence-corrected chi connectivity index (χ4v) is 1.22. The molecular formula is C8H6BBrF2O2. The minimum absolute atomic E-state index is 0.117. The molecule has 0 heterocycles. The summed E-state index contributed by atoms with van der Waals surface area (Å²) in [6.07, 6.45) is 0.972. The zero-order valence-electron chi connectivity index (χ0n) is 6.92. The lowest BCUT2D eigenvalue weighted by Gasteiger charge is -2.01. The summed E-state index contributed by atoms with van der Waals surface area (Å²) in [5.74, 6) is -0.669. The summed E-state index contributed by atoms with van der Waals surface area (Å²) >= 11 is 2.89. The second-order valence-electron chi connectivity index (χ2n) is 2.53. The molecule has 0 atom stereocenters. The predicted octanol–water partition coefficient (Wildman–Crippen LogP) is 1.75. The van der Waals surface area contributed by atoms with Gasteiger partial charge in [0.05, 0.1) is 4.47 Å². The van der Waals surface area contributed by atoms with Crippen molar-refractivity contribution < 1.29 is 18.8 Å². The highest BCUT2D eigenvalue weighted by Gasteiger charge is 2.10. The third-order valence-electron chi connectivity index (χ3n) is 1.51. The molecule has 74 valence electrons. The van der Waals surface area contributed by atoms with Crippen LogP contribution in [0.15, 0.2) is 22.6 Å². The van der Waals surface area contributed by atoms with E-state index in [9.17, 15) is 8.78 Å². The van der Waals surface area contributed by atoms with Gasteiger partial charge in [-0.2, -0.15) is 0 Å². The third kappa shape index (κ3) is 2.63. The van der Waals surface area contributed by atoms with Crippen LogP contribution in [0, 0.1) is 11.6 Å². The summed E-state index contributed by atoms with van der Waals surface area (Å²) in [6.45, 7) is 0. The summed E-state index contributed by atoms with van der Waals surface area (Å²) in [6, 6.07) is 2.31. The zero-order valence-corrected chi connectivity index (χ0v) is 8.50. The minimum Gasteiger partial charge on any atom is -0.424 e. The van der Waals surface area contributed by atoms with Crippen molar-refractivity contribution in [3.05, 3.63) is 39.8 Å². The van der Waals surface area contributed by atoms with Crippen LogP contribution in [0.5, 0.6) is 0 Å². The number of benzene rings is 1. The molecule has 2 nitrogen and oxygen atoms in total. The highest BCUT2D eigenvalue weighted by Crippen LogP contribution is 2.22. The van der Waals surface area contributed by atoms with E-state index in [4.69, 9.17) is 10.0 Å². The Kier molecular flexibility index (Phi) is 3.80. The number of halogens is 3. The van der Waals surface area contributed by atoms with Crippen molar-refractivity contribution in [1.82, 2.24) is 0 Å². The molecule has 0 unspecified atom stereocenters. The monoisotopic (exact) mass is 262 g/mol. The van der Waals surface area contributed by atoms with Crippen molar-refractivity contribution in [1.29, 1.82) is 0 Å². The lowest BCUT2D eigenvalue weighted by molar-refractivity contribution is 0.424. The van der Waals surface area contributed by atoms with Crippen molar-refractivity contribution in [3.63, 3.8) is 0 Å². The number of rotatable bonds is 2. The van der Waals surface area contributed by atoms with Crippen molar-refractivity contribution in [2.75, 3.05) is 0 Å². The van der Waals surface area contributed by atoms with Gasteiger partial charge in [0.1, 0.15) is 11.6 Å². The van der Waals surface area contributed by atoms with Gasteiger partial charge in [-0.15, -0.1) is 0 Å². The van der Waals surface area contributed by atoms with E-state index in [2.05, 4.69) is 15.9 Å². The number of hydrogen-bond acceptors (Lipinski definition) is 2. The van der Waals surface area contributed by atoms with Gasteiger partial charge in [-0.1, -0.05) is 12.1 Å². The van der Waals surface area contributed by atoms with Crippen LogP contribution in [0.4, 0.5) is 8.78 Å². The van der Waals surface area contributed by atoms with E-state index in [1.165, 1.54) is 6.07 Å². The Labute approximate surface area is 88.2 Å². The van der Waals surface area contributed by atoms with Gasteiger partial charge in [0, 0.05) is 5.56 Å². The van der Waals surface area contributed by atoms with E-state index in [0.717, 1.165) is 18.1 Å². The minimum atomic E-state index is -1.73. The third-order valence-corrected chi connectivity index (χ3v) is 2.13. The topological polar surface area (TPSA) is 40.5 Å². The maximum Gasteiger partial charge on any atom is 0.480 e. The molecule has 0 saturated carbocycles. The summed E-state index contributed by atoms with van der Waals surface area (Å²) in [5, 5.41) is 17.0. The van der Waals surface area contributed by atoms with Gasteiger partial charge >= 0.3 is 7.12 Å². The van der Waals surface area contributed by atoms with Gasteiger partial charge in [-0.3, -0.25) is 0 Å². The van der Waals surface area contributed by atoms with Crippen LogP contribution in [0.1, 0.15) is 5.56 Å². The lowest BCUT2D eigenvalue weighted by Crippen LogP contribution is -2.05. The maximum absolute atomic E-state index is 13.2. The summed E-state index contributed by atoms with van der Waals surface area (Å²) in [5.41, 5.74) is -0.313. The Morgan fingerprint density at radius 1 is 1.29 bits per heavy atom. The Morgan fingerprint density at radius 3 is 2.50 bits per heavy atom. The summed E-state index contributed by atoms with van der Waals surface area (Å²) in [4.78, 5) is 0. The van der Waals surface area contributed by atoms with Crippen LogP contribution in [0.2, 0.25) is 0 Å². The molecule has 0 aliphatic carbocycles. The van der Waals surface area contributed by atoms with Gasteiger partial charge in [0.15, 0.2) is 0 Å². The van der Waals surface area contributed by atoms with Crippen molar-refractivity contribution in [2.45, 2.75) is 0 Å². The molecular weight excluding hydrogens is 257 g/mol. The Balaban J connectivity index is 3.13. The second kappa shape index (κ2) is 4.68. The van der Waals surface area contributed by atoms with Gasteiger partial charge in [-0.05, 0) is 28.1 Å².